The molecular weight excluding hydrogens is 442 g/mol. The molecule has 0 bridgehead atoms. The molecule has 2 aromatic heterocycles. The minimum absolute atomic E-state index is 0.0889. The predicted molar refractivity (Wildman–Crippen MR) is 129 cm³/mol. The van der Waals surface area contributed by atoms with Crippen molar-refractivity contribution in [3.63, 3.8) is 0 Å². The second kappa shape index (κ2) is 10.3. The lowest BCUT2D eigenvalue weighted by atomic mass is 10.1. The molecule has 0 aliphatic heterocycles. The average molecular weight is 464 g/mol. The lowest BCUT2D eigenvalue weighted by Gasteiger charge is -2.13. The first-order valence-corrected chi connectivity index (χ1v) is 10.7. The van der Waals surface area contributed by atoms with E-state index >= 15 is 0 Å². The van der Waals surface area contributed by atoms with Crippen molar-refractivity contribution in [2.24, 2.45) is 0 Å². The van der Waals surface area contributed by atoms with E-state index in [4.69, 9.17) is 10.2 Å². The van der Waals surface area contributed by atoms with Gasteiger partial charge in [-0.15, -0.1) is 0 Å². The van der Waals surface area contributed by atoms with Crippen LogP contribution in [0.2, 0.25) is 0 Å². The number of carbonyl (C=O) groups excluding carboxylic acids is 1. The SMILES string of the molecule is CN(C)c1cccc2c3c([nH]c12)C=C(C(=O)Nc1ccsc1)C=CC3.O=C(O)C#CC(=O)O. The monoisotopic (exact) mass is 463 g/mol. The largest absolute Gasteiger partial charge is 0.472 e. The van der Waals surface area contributed by atoms with Crippen molar-refractivity contribution in [1.29, 1.82) is 0 Å². The second-order valence-electron chi connectivity index (χ2n) is 7.14. The molecule has 4 rings (SSSR count). The number of aromatic nitrogens is 1. The molecule has 1 aliphatic carbocycles. The summed E-state index contributed by atoms with van der Waals surface area (Å²) >= 11 is 1.57. The highest BCUT2D eigenvalue weighted by Crippen LogP contribution is 2.32. The number of nitrogens with zero attached hydrogens (tertiary/aromatic N) is 1. The van der Waals surface area contributed by atoms with E-state index in [2.05, 4.69) is 39.5 Å². The molecule has 2 heterocycles. The first-order valence-electron chi connectivity index (χ1n) is 9.76. The molecule has 0 spiro atoms. The number of benzene rings is 1. The minimum atomic E-state index is -1.44. The molecular formula is C24H21N3O5S. The third-order valence-electron chi connectivity index (χ3n) is 4.67. The van der Waals surface area contributed by atoms with Crippen molar-refractivity contribution in [3.8, 4) is 11.8 Å². The van der Waals surface area contributed by atoms with Crippen LogP contribution < -0.4 is 10.2 Å². The van der Waals surface area contributed by atoms with E-state index in [0.29, 0.717) is 5.57 Å². The van der Waals surface area contributed by atoms with Crippen LogP contribution in [-0.4, -0.2) is 47.1 Å². The number of H-pyrrole nitrogens is 1. The van der Waals surface area contributed by atoms with E-state index in [1.807, 2.05) is 43.1 Å². The standard InChI is InChI=1S/C20H19N3OS.C4H2O4/c1-23(2)18-8-4-7-16-15-6-3-5-13(11-17(15)22-19(16)18)20(24)21-14-9-10-25-12-14;5-3(6)1-2-4(7)8/h3-5,7-12,22H,6H2,1-2H3,(H,21,24);(H,5,6)(H,7,8). The number of hydrogen-bond donors (Lipinski definition) is 4. The van der Waals surface area contributed by atoms with Crippen molar-refractivity contribution in [2.45, 2.75) is 6.42 Å². The van der Waals surface area contributed by atoms with Gasteiger partial charge in [-0.1, -0.05) is 24.3 Å². The summed E-state index contributed by atoms with van der Waals surface area (Å²) in [4.78, 5) is 37.1. The van der Waals surface area contributed by atoms with E-state index in [-0.39, 0.29) is 5.91 Å². The second-order valence-corrected chi connectivity index (χ2v) is 7.92. The van der Waals surface area contributed by atoms with Crippen LogP contribution >= 0.6 is 11.3 Å². The molecule has 0 unspecified atom stereocenters. The van der Waals surface area contributed by atoms with Crippen molar-refractivity contribution in [3.05, 3.63) is 64.0 Å². The maximum absolute atomic E-state index is 12.6. The molecule has 0 radical (unpaired) electrons. The fraction of sp³-hybridized carbons (Fsp3) is 0.125. The lowest BCUT2D eigenvalue weighted by Crippen LogP contribution is -2.12. The number of aromatic amines is 1. The molecule has 8 nitrogen and oxygen atoms in total. The zero-order chi connectivity index (χ0) is 24.0. The van der Waals surface area contributed by atoms with Gasteiger partial charge in [0.1, 0.15) is 0 Å². The number of carboxylic acid groups (broad SMARTS) is 2. The van der Waals surface area contributed by atoms with Gasteiger partial charge in [0.2, 0.25) is 0 Å². The summed E-state index contributed by atoms with van der Waals surface area (Å²) in [5, 5.41) is 23.5. The number of carboxylic acids is 2. The fourth-order valence-corrected chi connectivity index (χ4v) is 3.88. The Hall–Kier alpha value is -4.29. The van der Waals surface area contributed by atoms with Gasteiger partial charge in [-0.2, -0.15) is 11.3 Å². The van der Waals surface area contributed by atoms with Crippen LogP contribution in [0.25, 0.3) is 17.0 Å². The number of fused-ring (bicyclic) bond motifs is 3. The van der Waals surface area contributed by atoms with Crippen LogP contribution in [0.15, 0.2) is 52.8 Å². The summed E-state index contributed by atoms with van der Waals surface area (Å²) in [6, 6.07) is 8.22. The number of anilines is 2. The van der Waals surface area contributed by atoms with Crippen molar-refractivity contribution < 1.29 is 24.6 Å². The van der Waals surface area contributed by atoms with Gasteiger partial charge in [0.05, 0.1) is 16.9 Å². The molecule has 1 aliphatic rings. The zero-order valence-corrected chi connectivity index (χ0v) is 18.7. The Morgan fingerprint density at radius 2 is 1.85 bits per heavy atom. The predicted octanol–water partition coefficient (Wildman–Crippen LogP) is 3.59. The van der Waals surface area contributed by atoms with Crippen LogP contribution in [0.4, 0.5) is 11.4 Å². The molecule has 0 saturated heterocycles. The number of rotatable bonds is 3. The number of nitrogens with one attached hydrogen (secondary N) is 2. The number of carbonyl (C=O) groups is 3. The quantitative estimate of drug-likeness (QED) is 0.440. The van der Waals surface area contributed by atoms with Gasteiger partial charge in [0.15, 0.2) is 0 Å². The highest BCUT2D eigenvalue weighted by Gasteiger charge is 2.17. The maximum Gasteiger partial charge on any atom is 0.382 e. The van der Waals surface area contributed by atoms with Gasteiger partial charge in [0, 0.05) is 48.0 Å². The first kappa shape index (κ1) is 23.4. The van der Waals surface area contributed by atoms with Gasteiger partial charge in [-0.25, -0.2) is 9.59 Å². The fourth-order valence-electron chi connectivity index (χ4n) is 3.29. The summed E-state index contributed by atoms with van der Waals surface area (Å²) in [5.74, 6) is -0.140. The number of aliphatic carboxylic acids is 2. The normalized spacial score (nSPS) is 11.6. The van der Waals surface area contributed by atoms with E-state index in [0.717, 1.165) is 29.0 Å². The Kier molecular flexibility index (Phi) is 7.33. The molecule has 9 heteroatoms. The summed E-state index contributed by atoms with van der Waals surface area (Å²) in [5.41, 5.74) is 5.98. The Balaban J connectivity index is 0.000000331. The van der Waals surface area contributed by atoms with Crippen LogP contribution in [0, 0.1) is 11.8 Å². The number of thiophene rings is 1. The molecule has 3 aromatic rings. The van der Waals surface area contributed by atoms with E-state index < -0.39 is 11.9 Å². The molecule has 0 saturated carbocycles. The summed E-state index contributed by atoms with van der Waals surface area (Å²) in [6.45, 7) is 0. The van der Waals surface area contributed by atoms with Gasteiger partial charge in [-0.3, -0.25) is 4.79 Å². The number of allylic oxidation sites excluding steroid dienone is 1. The molecule has 0 fully saturated rings. The molecule has 1 amide bonds. The molecule has 33 heavy (non-hydrogen) atoms. The summed E-state index contributed by atoms with van der Waals surface area (Å²) in [7, 11) is 4.08. The zero-order valence-electron chi connectivity index (χ0n) is 17.9. The summed E-state index contributed by atoms with van der Waals surface area (Å²) in [6.07, 6.45) is 6.70. The van der Waals surface area contributed by atoms with Crippen LogP contribution in [0.5, 0.6) is 0 Å². The van der Waals surface area contributed by atoms with Gasteiger partial charge < -0.3 is 25.4 Å². The minimum Gasteiger partial charge on any atom is -0.472 e. The van der Waals surface area contributed by atoms with Gasteiger partial charge >= 0.3 is 11.9 Å². The Morgan fingerprint density at radius 1 is 1.12 bits per heavy atom. The van der Waals surface area contributed by atoms with Crippen molar-refractivity contribution in [1.82, 2.24) is 4.98 Å². The van der Waals surface area contributed by atoms with Crippen LogP contribution in [-0.2, 0) is 20.8 Å². The Morgan fingerprint density at radius 3 is 2.45 bits per heavy atom. The summed E-state index contributed by atoms with van der Waals surface area (Å²) < 4.78 is 0. The van der Waals surface area contributed by atoms with Crippen molar-refractivity contribution in [2.75, 3.05) is 24.3 Å². The van der Waals surface area contributed by atoms with E-state index in [9.17, 15) is 14.4 Å². The maximum atomic E-state index is 12.6. The smallest absolute Gasteiger partial charge is 0.382 e. The number of para-hydroxylation sites is 1. The third-order valence-corrected chi connectivity index (χ3v) is 5.35. The highest BCUT2D eigenvalue weighted by molar-refractivity contribution is 7.08. The molecule has 0 atom stereocenters. The lowest BCUT2D eigenvalue weighted by molar-refractivity contribution is -0.132. The van der Waals surface area contributed by atoms with Gasteiger partial charge in [0.25, 0.3) is 5.91 Å². The highest BCUT2D eigenvalue weighted by atomic mass is 32.1. The number of hydrogen-bond acceptors (Lipinski definition) is 5. The van der Waals surface area contributed by atoms with Gasteiger partial charge in [-0.05, 0) is 35.6 Å². The van der Waals surface area contributed by atoms with E-state index in [1.54, 1.807) is 11.3 Å². The topological polar surface area (TPSA) is 123 Å². The molecule has 168 valence electrons. The third kappa shape index (κ3) is 5.90. The Bertz CT molecular complexity index is 1300. The van der Waals surface area contributed by atoms with Crippen LogP contribution in [0.3, 0.4) is 0 Å². The van der Waals surface area contributed by atoms with Crippen molar-refractivity contribution >= 4 is 57.5 Å². The van der Waals surface area contributed by atoms with Crippen LogP contribution in [0.1, 0.15) is 11.3 Å². The molecule has 4 N–H and O–H groups in total. The van der Waals surface area contributed by atoms with E-state index in [1.165, 1.54) is 22.8 Å². The Labute approximate surface area is 193 Å². The first-order chi connectivity index (χ1) is 15.8. The number of amides is 1. The molecule has 1 aromatic carbocycles. The average Bonchev–Trinajstić information content (AvgIpc) is 3.34.